The molecule has 1 amide bonds. The number of rotatable bonds is 2. The summed E-state index contributed by atoms with van der Waals surface area (Å²) in [6, 6.07) is 14.7. The second kappa shape index (κ2) is 5.92. The van der Waals surface area contributed by atoms with E-state index in [1.165, 1.54) is 11.9 Å². The van der Waals surface area contributed by atoms with Gasteiger partial charge in [0.2, 0.25) is 0 Å². The van der Waals surface area contributed by atoms with Crippen LogP contribution >= 0.6 is 0 Å². The largest absolute Gasteiger partial charge is 0.338 e. The molecule has 132 valence electrons. The third-order valence-corrected chi connectivity index (χ3v) is 5.85. The van der Waals surface area contributed by atoms with Gasteiger partial charge >= 0.3 is 0 Å². The molecule has 3 aromatic rings. The molecule has 0 aliphatic carbocycles. The van der Waals surface area contributed by atoms with Crippen LogP contribution in [0.5, 0.6) is 0 Å². The Hall–Kier alpha value is -2.73. The predicted molar refractivity (Wildman–Crippen MR) is 97.7 cm³/mol. The maximum absolute atomic E-state index is 13.0. The zero-order chi connectivity index (χ0) is 17.7. The van der Waals surface area contributed by atoms with Gasteiger partial charge in [-0.05, 0) is 30.7 Å². The molecule has 0 saturated carbocycles. The van der Waals surface area contributed by atoms with Gasteiger partial charge in [0.15, 0.2) is 5.65 Å². The van der Waals surface area contributed by atoms with Crippen LogP contribution in [0.4, 0.5) is 0 Å². The van der Waals surface area contributed by atoms with Crippen molar-refractivity contribution in [3.05, 3.63) is 66.1 Å². The first-order chi connectivity index (χ1) is 12.7. The molecule has 1 aromatic carbocycles. The number of carbonyl (C=O) groups is 1. The van der Waals surface area contributed by atoms with Crippen LogP contribution in [0.2, 0.25) is 0 Å². The Morgan fingerprint density at radius 2 is 1.96 bits per heavy atom. The van der Waals surface area contributed by atoms with Gasteiger partial charge in [-0.25, -0.2) is 9.50 Å². The van der Waals surface area contributed by atoms with E-state index >= 15 is 0 Å². The molecule has 6 heteroatoms. The van der Waals surface area contributed by atoms with Crippen LogP contribution in [0.15, 0.2) is 55.0 Å². The molecule has 26 heavy (non-hydrogen) atoms. The summed E-state index contributed by atoms with van der Waals surface area (Å²) in [5, 5.41) is 4.09. The van der Waals surface area contributed by atoms with E-state index in [9.17, 15) is 4.79 Å². The van der Waals surface area contributed by atoms with Crippen molar-refractivity contribution in [1.82, 2.24) is 24.4 Å². The Morgan fingerprint density at radius 3 is 2.81 bits per heavy atom. The number of nitrogens with zero attached hydrogens (tertiary/aromatic N) is 5. The summed E-state index contributed by atoms with van der Waals surface area (Å²) in [5.41, 5.74) is 2.74. The Labute approximate surface area is 152 Å². The fourth-order valence-corrected chi connectivity index (χ4v) is 4.71. The van der Waals surface area contributed by atoms with Crippen molar-refractivity contribution in [2.45, 2.75) is 6.04 Å². The maximum Gasteiger partial charge on any atom is 0.254 e. The monoisotopic (exact) mass is 347 g/mol. The van der Waals surface area contributed by atoms with Gasteiger partial charge < -0.3 is 4.90 Å². The zero-order valence-corrected chi connectivity index (χ0v) is 14.7. The molecule has 5 rings (SSSR count). The standard InChI is InChI=1S/C20H21N5O/c1-23-10-16-11-24(12-17(16)19(23)14-5-3-2-4-6-14)20(26)15-7-8-25-18(9-15)21-13-22-25/h2-9,13,16-17,19H,10-12H2,1H3/t16-,17+,19-/m0/s1. The average molecular weight is 347 g/mol. The van der Waals surface area contributed by atoms with E-state index in [1.54, 1.807) is 10.7 Å². The lowest BCUT2D eigenvalue weighted by Gasteiger charge is -2.27. The predicted octanol–water partition coefficient (Wildman–Crippen LogP) is 2.10. The van der Waals surface area contributed by atoms with Crippen LogP contribution in [-0.4, -0.2) is 57.0 Å². The molecular weight excluding hydrogens is 326 g/mol. The van der Waals surface area contributed by atoms with E-state index < -0.39 is 0 Å². The van der Waals surface area contributed by atoms with E-state index in [1.807, 2.05) is 17.0 Å². The molecule has 6 nitrogen and oxygen atoms in total. The van der Waals surface area contributed by atoms with Gasteiger partial charge in [-0.3, -0.25) is 9.69 Å². The number of hydrogen-bond acceptors (Lipinski definition) is 4. The number of likely N-dealkylation sites (tertiary alicyclic amines) is 2. The van der Waals surface area contributed by atoms with Crippen LogP contribution in [0.1, 0.15) is 22.0 Å². The highest BCUT2D eigenvalue weighted by molar-refractivity contribution is 5.95. The summed E-state index contributed by atoms with van der Waals surface area (Å²) in [6.07, 6.45) is 3.30. The van der Waals surface area contributed by atoms with E-state index in [0.29, 0.717) is 29.1 Å². The van der Waals surface area contributed by atoms with Gasteiger partial charge in [0, 0.05) is 43.4 Å². The van der Waals surface area contributed by atoms with Gasteiger partial charge in [0.25, 0.3) is 5.91 Å². The minimum Gasteiger partial charge on any atom is -0.338 e. The van der Waals surface area contributed by atoms with Gasteiger partial charge in [0.05, 0.1) is 0 Å². The topological polar surface area (TPSA) is 53.7 Å². The second-order valence-electron chi connectivity index (χ2n) is 7.41. The summed E-state index contributed by atoms with van der Waals surface area (Å²) < 4.78 is 1.68. The molecule has 0 spiro atoms. The van der Waals surface area contributed by atoms with Crippen molar-refractivity contribution < 1.29 is 4.79 Å². The minimum atomic E-state index is 0.0966. The molecule has 2 aliphatic heterocycles. The first-order valence-electron chi connectivity index (χ1n) is 9.04. The molecule has 0 N–H and O–H groups in total. The van der Waals surface area contributed by atoms with Crippen LogP contribution in [0, 0.1) is 11.8 Å². The van der Waals surface area contributed by atoms with Crippen LogP contribution in [-0.2, 0) is 0 Å². The highest BCUT2D eigenvalue weighted by Gasteiger charge is 2.47. The number of pyridine rings is 1. The Bertz CT molecular complexity index is 953. The van der Waals surface area contributed by atoms with Gasteiger partial charge in [-0.2, -0.15) is 5.10 Å². The SMILES string of the molecule is CN1C[C@H]2CN(C(=O)c3ccn4ncnc4c3)C[C@H]2[C@@H]1c1ccccc1. The molecule has 2 fully saturated rings. The van der Waals surface area contributed by atoms with Crippen LogP contribution in [0.3, 0.4) is 0 Å². The molecule has 0 bridgehead atoms. The number of benzene rings is 1. The lowest BCUT2D eigenvalue weighted by molar-refractivity contribution is 0.0768. The van der Waals surface area contributed by atoms with Crippen molar-refractivity contribution in [1.29, 1.82) is 0 Å². The number of hydrogen-bond donors (Lipinski definition) is 0. The summed E-state index contributed by atoms with van der Waals surface area (Å²) in [6.45, 7) is 2.68. The molecule has 0 unspecified atom stereocenters. The highest BCUT2D eigenvalue weighted by atomic mass is 16.2. The zero-order valence-electron chi connectivity index (χ0n) is 14.7. The fourth-order valence-electron chi connectivity index (χ4n) is 4.71. The normalized spacial score (nSPS) is 25.7. The third-order valence-electron chi connectivity index (χ3n) is 5.85. The molecule has 3 atom stereocenters. The second-order valence-corrected chi connectivity index (χ2v) is 7.41. The summed E-state index contributed by atoms with van der Waals surface area (Å²) in [4.78, 5) is 21.7. The first-order valence-corrected chi connectivity index (χ1v) is 9.04. The molecule has 2 saturated heterocycles. The molecule has 4 heterocycles. The van der Waals surface area contributed by atoms with Gasteiger partial charge in [-0.1, -0.05) is 30.3 Å². The quantitative estimate of drug-likeness (QED) is 0.712. The third kappa shape index (κ3) is 2.41. The van der Waals surface area contributed by atoms with E-state index in [-0.39, 0.29) is 5.91 Å². The van der Waals surface area contributed by atoms with Crippen molar-refractivity contribution in [2.75, 3.05) is 26.7 Å². The molecule has 2 aromatic heterocycles. The Morgan fingerprint density at radius 1 is 1.12 bits per heavy atom. The summed E-state index contributed by atoms with van der Waals surface area (Å²) in [7, 11) is 2.20. The van der Waals surface area contributed by atoms with Crippen molar-refractivity contribution >= 4 is 11.6 Å². The fraction of sp³-hybridized carbons (Fsp3) is 0.350. The van der Waals surface area contributed by atoms with E-state index in [2.05, 4.69) is 52.4 Å². The van der Waals surface area contributed by atoms with E-state index in [0.717, 1.165) is 19.6 Å². The lowest BCUT2D eigenvalue weighted by Crippen LogP contribution is -2.33. The van der Waals surface area contributed by atoms with Crippen LogP contribution in [0.25, 0.3) is 5.65 Å². The number of aromatic nitrogens is 3. The van der Waals surface area contributed by atoms with Crippen molar-refractivity contribution in [3.63, 3.8) is 0 Å². The van der Waals surface area contributed by atoms with Gasteiger partial charge in [0.1, 0.15) is 6.33 Å². The minimum absolute atomic E-state index is 0.0966. The molecular formula is C20H21N5O. The molecule has 0 radical (unpaired) electrons. The van der Waals surface area contributed by atoms with Crippen molar-refractivity contribution in [2.24, 2.45) is 11.8 Å². The van der Waals surface area contributed by atoms with E-state index in [4.69, 9.17) is 0 Å². The summed E-state index contributed by atoms with van der Waals surface area (Å²) in [5.74, 6) is 1.12. The van der Waals surface area contributed by atoms with Crippen molar-refractivity contribution in [3.8, 4) is 0 Å². The van der Waals surface area contributed by atoms with Gasteiger partial charge in [-0.15, -0.1) is 0 Å². The maximum atomic E-state index is 13.0. The Balaban J connectivity index is 1.39. The Kier molecular flexibility index (Phi) is 3.53. The lowest BCUT2D eigenvalue weighted by atomic mass is 9.90. The number of carbonyl (C=O) groups excluding carboxylic acids is 1. The number of fused-ring (bicyclic) bond motifs is 2. The van der Waals surface area contributed by atoms with Crippen LogP contribution < -0.4 is 0 Å². The first kappa shape index (κ1) is 15.5. The smallest absolute Gasteiger partial charge is 0.254 e. The highest BCUT2D eigenvalue weighted by Crippen LogP contribution is 2.44. The molecule has 2 aliphatic rings. The number of amides is 1. The average Bonchev–Trinajstić information content (AvgIpc) is 3.35. The summed E-state index contributed by atoms with van der Waals surface area (Å²) >= 11 is 0.